The molecule has 0 unspecified atom stereocenters. The molecule has 0 aliphatic carbocycles. The molecule has 0 atom stereocenters. The first-order valence-corrected chi connectivity index (χ1v) is 10.1. The van der Waals surface area contributed by atoms with Gasteiger partial charge in [0.05, 0.1) is 17.9 Å². The van der Waals surface area contributed by atoms with Crippen LogP contribution in [0.1, 0.15) is 49.2 Å². The average molecular weight is 369 g/mol. The fraction of sp³-hybridized carbons (Fsp3) is 0.545. The second-order valence-corrected chi connectivity index (χ2v) is 8.09. The summed E-state index contributed by atoms with van der Waals surface area (Å²) in [5.74, 6) is 0.756. The summed E-state index contributed by atoms with van der Waals surface area (Å²) in [6.45, 7) is 11.3. The SMILES string of the molecule is Cc1ccc(CCC(=O)NCc2cc3n(n2)CCCN(CC(C)C)C3)cc1. The summed E-state index contributed by atoms with van der Waals surface area (Å²) in [5, 5.41) is 7.72. The van der Waals surface area contributed by atoms with Gasteiger partial charge in [0.25, 0.3) is 0 Å². The zero-order valence-corrected chi connectivity index (χ0v) is 16.9. The van der Waals surface area contributed by atoms with Gasteiger partial charge in [-0.1, -0.05) is 43.7 Å². The minimum Gasteiger partial charge on any atom is -0.350 e. The van der Waals surface area contributed by atoms with E-state index in [2.05, 4.69) is 66.0 Å². The number of benzene rings is 1. The van der Waals surface area contributed by atoms with Gasteiger partial charge >= 0.3 is 0 Å². The highest BCUT2D eigenvalue weighted by atomic mass is 16.1. The standard InChI is InChI=1S/C22H32N4O/c1-17(2)15-25-11-4-12-26-21(16-25)13-20(24-26)14-23-22(27)10-9-19-7-5-18(3)6-8-19/h5-8,13,17H,4,9-12,14-16H2,1-3H3,(H,23,27). The van der Waals surface area contributed by atoms with E-state index < -0.39 is 0 Å². The lowest BCUT2D eigenvalue weighted by molar-refractivity contribution is -0.121. The van der Waals surface area contributed by atoms with Crippen LogP contribution >= 0.6 is 0 Å². The zero-order valence-electron chi connectivity index (χ0n) is 16.9. The number of nitrogens with zero attached hydrogens (tertiary/aromatic N) is 3. The molecule has 2 heterocycles. The van der Waals surface area contributed by atoms with Gasteiger partial charge < -0.3 is 5.32 Å². The van der Waals surface area contributed by atoms with E-state index in [-0.39, 0.29) is 5.91 Å². The first kappa shape index (κ1) is 19.6. The van der Waals surface area contributed by atoms with Crippen LogP contribution in [0.3, 0.4) is 0 Å². The number of aryl methyl sites for hydroxylation is 3. The van der Waals surface area contributed by atoms with Gasteiger partial charge in [0, 0.05) is 32.6 Å². The number of rotatable bonds is 7. The zero-order chi connectivity index (χ0) is 19.2. The lowest BCUT2D eigenvalue weighted by Crippen LogP contribution is -2.27. The minimum atomic E-state index is 0.0835. The molecule has 1 aliphatic heterocycles. The maximum absolute atomic E-state index is 12.2. The third-order valence-electron chi connectivity index (χ3n) is 5.00. The van der Waals surface area contributed by atoms with Crippen molar-refractivity contribution >= 4 is 5.91 Å². The molecule has 1 amide bonds. The van der Waals surface area contributed by atoms with Gasteiger partial charge in [0.1, 0.15) is 0 Å². The van der Waals surface area contributed by atoms with E-state index in [0.717, 1.165) is 44.7 Å². The summed E-state index contributed by atoms with van der Waals surface area (Å²) in [5.41, 5.74) is 4.67. The van der Waals surface area contributed by atoms with Crippen LogP contribution < -0.4 is 5.32 Å². The fourth-order valence-electron chi connectivity index (χ4n) is 3.64. The third-order valence-corrected chi connectivity index (χ3v) is 5.00. The van der Waals surface area contributed by atoms with Crippen molar-refractivity contribution in [3.8, 4) is 0 Å². The Labute approximate surface area is 162 Å². The molecule has 2 aromatic rings. The van der Waals surface area contributed by atoms with E-state index in [1.165, 1.54) is 16.8 Å². The van der Waals surface area contributed by atoms with Crippen molar-refractivity contribution in [2.45, 2.75) is 59.7 Å². The molecule has 1 aliphatic rings. The number of carbonyl (C=O) groups is 1. The highest BCUT2D eigenvalue weighted by Gasteiger charge is 2.17. The second kappa shape index (κ2) is 9.18. The van der Waals surface area contributed by atoms with E-state index in [9.17, 15) is 4.79 Å². The van der Waals surface area contributed by atoms with Gasteiger partial charge in [-0.05, 0) is 37.3 Å². The fourth-order valence-corrected chi connectivity index (χ4v) is 3.64. The highest BCUT2D eigenvalue weighted by molar-refractivity contribution is 5.76. The molecule has 27 heavy (non-hydrogen) atoms. The van der Waals surface area contributed by atoms with Crippen molar-refractivity contribution < 1.29 is 4.79 Å². The molecular formula is C22H32N4O. The Morgan fingerprint density at radius 3 is 2.74 bits per heavy atom. The smallest absolute Gasteiger partial charge is 0.220 e. The Bertz CT molecular complexity index is 748. The van der Waals surface area contributed by atoms with Crippen molar-refractivity contribution in [2.24, 2.45) is 5.92 Å². The van der Waals surface area contributed by atoms with E-state index in [4.69, 9.17) is 5.10 Å². The molecule has 3 rings (SSSR count). The lowest BCUT2D eigenvalue weighted by Gasteiger charge is -2.21. The van der Waals surface area contributed by atoms with Gasteiger partial charge in [-0.25, -0.2) is 0 Å². The summed E-state index contributed by atoms with van der Waals surface area (Å²) in [4.78, 5) is 14.7. The van der Waals surface area contributed by atoms with Crippen molar-refractivity contribution in [3.05, 3.63) is 52.8 Å². The van der Waals surface area contributed by atoms with E-state index >= 15 is 0 Å². The normalized spacial score (nSPS) is 14.8. The molecule has 0 bridgehead atoms. The molecule has 146 valence electrons. The second-order valence-electron chi connectivity index (χ2n) is 8.09. The maximum atomic E-state index is 12.2. The van der Waals surface area contributed by atoms with Crippen LogP contribution in [0.5, 0.6) is 0 Å². The van der Waals surface area contributed by atoms with E-state index in [1.54, 1.807) is 0 Å². The van der Waals surface area contributed by atoms with E-state index in [1.807, 2.05) is 0 Å². The number of fused-ring (bicyclic) bond motifs is 1. The first-order chi connectivity index (χ1) is 13.0. The quantitative estimate of drug-likeness (QED) is 0.816. The van der Waals surface area contributed by atoms with Gasteiger partial charge in [-0.3, -0.25) is 14.4 Å². The topological polar surface area (TPSA) is 50.2 Å². The number of hydrogen-bond donors (Lipinski definition) is 1. The Balaban J connectivity index is 1.48. The van der Waals surface area contributed by atoms with Crippen LogP contribution in [0.2, 0.25) is 0 Å². The molecule has 0 saturated carbocycles. The van der Waals surface area contributed by atoms with Crippen LogP contribution in [-0.4, -0.2) is 33.7 Å². The molecule has 0 saturated heterocycles. The van der Waals surface area contributed by atoms with Crippen molar-refractivity contribution in [1.29, 1.82) is 0 Å². The highest BCUT2D eigenvalue weighted by Crippen LogP contribution is 2.15. The average Bonchev–Trinajstić information content (AvgIpc) is 2.91. The van der Waals surface area contributed by atoms with Crippen LogP contribution in [0.15, 0.2) is 30.3 Å². The molecule has 1 aromatic carbocycles. The number of hydrogen-bond acceptors (Lipinski definition) is 3. The van der Waals surface area contributed by atoms with Gasteiger partial charge in [0.2, 0.25) is 5.91 Å². The van der Waals surface area contributed by atoms with Gasteiger partial charge in [0.15, 0.2) is 0 Å². The van der Waals surface area contributed by atoms with Crippen LogP contribution in [0, 0.1) is 12.8 Å². The first-order valence-electron chi connectivity index (χ1n) is 10.1. The molecule has 5 heteroatoms. The number of carbonyl (C=O) groups excluding carboxylic acids is 1. The monoisotopic (exact) mass is 368 g/mol. The molecule has 5 nitrogen and oxygen atoms in total. The Morgan fingerprint density at radius 2 is 2.00 bits per heavy atom. The number of aromatic nitrogens is 2. The molecular weight excluding hydrogens is 336 g/mol. The maximum Gasteiger partial charge on any atom is 0.220 e. The third kappa shape index (κ3) is 5.93. The summed E-state index contributed by atoms with van der Waals surface area (Å²) in [6.07, 6.45) is 2.42. The largest absolute Gasteiger partial charge is 0.350 e. The van der Waals surface area contributed by atoms with Gasteiger partial charge in [-0.15, -0.1) is 0 Å². The van der Waals surface area contributed by atoms with Gasteiger partial charge in [-0.2, -0.15) is 5.10 Å². The number of amides is 1. The Hall–Kier alpha value is -2.14. The van der Waals surface area contributed by atoms with E-state index in [0.29, 0.717) is 18.9 Å². The Morgan fingerprint density at radius 1 is 1.22 bits per heavy atom. The molecule has 1 aromatic heterocycles. The summed E-state index contributed by atoms with van der Waals surface area (Å²) >= 11 is 0. The van der Waals surface area contributed by atoms with Crippen molar-refractivity contribution in [1.82, 2.24) is 20.0 Å². The Kier molecular flexibility index (Phi) is 6.67. The molecule has 0 fully saturated rings. The summed E-state index contributed by atoms with van der Waals surface area (Å²) in [7, 11) is 0. The van der Waals surface area contributed by atoms with Crippen LogP contribution in [0.4, 0.5) is 0 Å². The van der Waals surface area contributed by atoms with Crippen molar-refractivity contribution in [3.63, 3.8) is 0 Å². The predicted octanol–water partition coefficient (Wildman–Crippen LogP) is 3.30. The molecule has 1 N–H and O–H groups in total. The summed E-state index contributed by atoms with van der Waals surface area (Å²) < 4.78 is 2.12. The molecule has 0 radical (unpaired) electrons. The predicted molar refractivity (Wildman–Crippen MR) is 108 cm³/mol. The number of nitrogens with one attached hydrogen (secondary N) is 1. The lowest BCUT2D eigenvalue weighted by atomic mass is 10.1. The van der Waals surface area contributed by atoms with Crippen LogP contribution in [0.25, 0.3) is 0 Å². The van der Waals surface area contributed by atoms with Crippen molar-refractivity contribution in [2.75, 3.05) is 13.1 Å². The minimum absolute atomic E-state index is 0.0835. The summed E-state index contributed by atoms with van der Waals surface area (Å²) in [6, 6.07) is 10.5. The van der Waals surface area contributed by atoms with Crippen LogP contribution in [-0.2, 0) is 30.8 Å². The molecule has 0 spiro atoms.